The Labute approximate surface area is 243 Å². The Morgan fingerprint density at radius 3 is 0.647 bits per heavy atom. The van der Waals surface area contributed by atoms with E-state index in [1.807, 2.05) is 48.5 Å². The second kappa shape index (κ2) is 11.6. The predicted molar refractivity (Wildman–Crippen MR) is 119 cm³/mol. The molecule has 0 N–H and O–H groups in total. The molecule has 0 spiro atoms. The van der Waals surface area contributed by atoms with Crippen LogP contribution in [0.15, 0.2) is 107 Å². The van der Waals surface area contributed by atoms with Gasteiger partial charge in [-0.05, 0) is 57.6 Å². The molecule has 0 fully saturated rings. The summed E-state index contributed by atoms with van der Waals surface area (Å²) in [6, 6.07) is 27.0. The van der Waals surface area contributed by atoms with Gasteiger partial charge in [0.05, 0.1) is 9.79 Å². The fourth-order valence-electron chi connectivity index (χ4n) is 3.34. The summed E-state index contributed by atoms with van der Waals surface area (Å²) in [5.74, 6) is 0. The molecule has 0 aliphatic carbocycles. The van der Waals surface area contributed by atoms with Crippen molar-refractivity contribution in [3.05, 3.63) is 97.1 Å². The van der Waals surface area contributed by atoms with Gasteiger partial charge in [-0.3, -0.25) is 0 Å². The summed E-state index contributed by atoms with van der Waals surface area (Å²) >= 11 is 0. The molecule has 162 valence electrons. The van der Waals surface area contributed by atoms with Crippen LogP contribution in [0.1, 0.15) is 0 Å². The minimum atomic E-state index is -4.47. The third-order valence-corrected chi connectivity index (χ3v) is 6.75. The summed E-state index contributed by atoms with van der Waals surface area (Å²) in [5, 5.41) is 0. The van der Waals surface area contributed by atoms with Crippen molar-refractivity contribution in [1.82, 2.24) is 0 Å². The van der Waals surface area contributed by atoms with Crippen LogP contribution in [0, 0.1) is 0 Å². The zero-order chi connectivity index (χ0) is 22.9. The van der Waals surface area contributed by atoms with Crippen LogP contribution >= 0.6 is 0 Å². The molecule has 10 heteroatoms. The van der Waals surface area contributed by atoms with Gasteiger partial charge in [-0.15, -0.1) is 0 Å². The summed E-state index contributed by atoms with van der Waals surface area (Å²) in [5.41, 5.74) is 5.31. The normalized spacial score (nSPS) is 11.2. The molecule has 0 aliphatic rings. The number of benzene rings is 4. The molecule has 0 bridgehead atoms. The van der Waals surface area contributed by atoms with Crippen molar-refractivity contribution in [3.63, 3.8) is 0 Å². The number of rotatable bonds is 5. The molecule has 0 unspecified atom stereocenters. The molecule has 4 rings (SSSR count). The maximum absolute atomic E-state index is 11.1. The van der Waals surface area contributed by atoms with Gasteiger partial charge in [-0.2, -0.15) is 0 Å². The summed E-state index contributed by atoms with van der Waals surface area (Å²) < 4.78 is 66.4. The van der Waals surface area contributed by atoms with E-state index in [1.54, 1.807) is 24.3 Å². The molecule has 4 aromatic rings. The first-order chi connectivity index (χ1) is 15.1. The van der Waals surface area contributed by atoms with Gasteiger partial charge in [0, 0.05) is 0 Å². The third-order valence-electron chi connectivity index (χ3n) is 5.06. The van der Waals surface area contributed by atoms with Crippen LogP contribution in [0.25, 0.3) is 33.4 Å². The van der Waals surface area contributed by atoms with Gasteiger partial charge in [0.25, 0.3) is 0 Å². The van der Waals surface area contributed by atoms with Gasteiger partial charge in [-0.25, -0.2) is 16.8 Å². The number of hydrogen-bond acceptors (Lipinski definition) is 6. The van der Waals surface area contributed by atoms with E-state index in [2.05, 4.69) is 0 Å². The van der Waals surface area contributed by atoms with Crippen molar-refractivity contribution in [1.29, 1.82) is 0 Å². The quantitative estimate of drug-likeness (QED) is 0.239. The Balaban J connectivity index is 0.00000204. The van der Waals surface area contributed by atoms with E-state index in [9.17, 15) is 25.9 Å². The molecule has 0 radical (unpaired) electrons. The minimum Gasteiger partial charge on any atom is -0.744 e. The molecule has 4 aromatic carbocycles. The summed E-state index contributed by atoms with van der Waals surface area (Å²) in [6.45, 7) is 0. The van der Waals surface area contributed by atoms with Gasteiger partial charge in [0.15, 0.2) is 0 Å². The Bertz CT molecular complexity index is 1350. The molecule has 0 heterocycles. The molecule has 0 amide bonds. The second-order valence-corrected chi connectivity index (χ2v) is 9.87. The Hall–Kier alpha value is -1.30. The molecule has 0 aliphatic heterocycles. The standard InChI is InChI=1S/C24H18O6S2.2Na/c25-31(26,27)23-13-9-21(10-14-23)19-5-1-17(2-6-19)18-3-7-20(8-4-18)22-11-15-24(16-12-22)32(28,29)30;;/h1-16H,(H,25,26,27)(H,28,29,30);;/q;2*+1/p-2. The fraction of sp³-hybridized carbons (Fsp3) is 0. The molecule has 0 saturated carbocycles. The Kier molecular flexibility index (Phi) is 9.89. The molecule has 0 saturated heterocycles. The molecule has 0 atom stereocenters. The zero-order valence-electron chi connectivity index (χ0n) is 18.5. The fourth-order valence-corrected chi connectivity index (χ4v) is 4.28. The van der Waals surface area contributed by atoms with E-state index >= 15 is 0 Å². The summed E-state index contributed by atoms with van der Waals surface area (Å²) in [6.07, 6.45) is 0. The summed E-state index contributed by atoms with van der Waals surface area (Å²) in [4.78, 5) is -0.524. The molecule has 0 aromatic heterocycles. The zero-order valence-corrected chi connectivity index (χ0v) is 24.1. The van der Waals surface area contributed by atoms with Crippen LogP contribution in [0.2, 0.25) is 0 Å². The van der Waals surface area contributed by atoms with E-state index in [1.165, 1.54) is 24.3 Å². The van der Waals surface area contributed by atoms with Gasteiger partial charge in [0.2, 0.25) is 0 Å². The van der Waals surface area contributed by atoms with E-state index in [0.717, 1.165) is 33.4 Å². The monoisotopic (exact) mass is 510 g/mol. The van der Waals surface area contributed by atoms with Crippen molar-refractivity contribution >= 4 is 20.2 Å². The Morgan fingerprint density at radius 2 is 0.500 bits per heavy atom. The van der Waals surface area contributed by atoms with E-state index in [-0.39, 0.29) is 68.9 Å². The second-order valence-electron chi connectivity index (χ2n) is 7.11. The van der Waals surface area contributed by atoms with E-state index in [4.69, 9.17) is 0 Å². The van der Waals surface area contributed by atoms with Crippen molar-refractivity contribution in [3.8, 4) is 33.4 Å². The van der Waals surface area contributed by atoms with Gasteiger partial charge in [-0.1, -0.05) is 72.8 Å². The van der Waals surface area contributed by atoms with E-state index in [0.29, 0.717) is 0 Å². The molecular weight excluding hydrogens is 494 g/mol. The maximum atomic E-state index is 11.1. The first kappa shape index (κ1) is 28.9. The van der Waals surface area contributed by atoms with Crippen LogP contribution in [0.3, 0.4) is 0 Å². The largest absolute Gasteiger partial charge is 1.00 e. The average Bonchev–Trinajstić information content (AvgIpc) is 2.78. The predicted octanol–water partition coefficient (Wildman–Crippen LogP) is -1.50. The van der Waals surface area contributed by atoms with Crippen LogP contribution in [0.5, 0.6) is 0 Å². The molecular formula is C24H16Na2O6S2. The topological polar surface area (TPSA) is 114 Å². The van der Waals surface area contributed by atoms with Crippen molar-refractivity contribution in [2.45, 2.75) is 9.79 Å². The molecule has 6 nitrogen and oxygen atoms in total. The Morgan fingerprint density at radius 1 is 0.353 bits per heavy atom. The minimum absolute atomic E-state index is 0. The smallest absolute Gasteiger partial charge is 0.744 e. The van der Waals surface area contributed by atoms with Gasteiger partial charge < -0.3 is 9.11 Å². The summed E-state index contributed by atoms with van der Waals surface area (Å²) in [7, 11) is -8.94. The van der Waals surface area contributed by atoms with Crippen molar-refractivity contribution < 1.29 is 85.1 Å². The van der Waals surface area contributed by atoms with Crippen LogP contribution in [-0.4, -0.2) is 25.9 Å². The van der Waals surface area contributed by atoms with Crippen LogP contribution in [-0.2, 0) is 20.2 Å². The first-order valence-corrected chi connectivity index (χ1v) is 12.3. The van der Waals surface area contributed by atoms with Crippen LogP contribution in [0.4, 0.5) is 0 Å². The molecule has 34 heavy (non-hydrogen) atoms. The van der Waals surface area contributed by atoms with Gasteiger partial charge >= 0.3 is 59.1 Å². The van der Waals surface area contributed by atoms with Crippen molar-refractivity contribution in [2.75, 3.05) is 0 Å². The number of hydrogen-bond donors (Lipinski definition) is 0. The third kappa shape index (κ3) is 6.89. The van der Waals surface area contributed by atoms with Crippen LogP contribution < -0.4 is 59.1 Å². The van der Waals surface area contributed by atoms with Gasteiger partial charge in [0.1, 0.15) is 20.2 Å². The first-order valence-electron chi connectivity index (χ1n) is 9.44. The SMILES string of the molecule is O=S(=O)([O-])c1ccc(-c2ccc(-c3ccc(-c4ccc(S(=O)(=O)[O-])cc4)cc3)cc2)cc1.[Na+].[Na+]. The van der Waals surface area contributed by atoms with E-state index < -0.39 is 20.2 Å². The van der Waals surface area contributed by atoms with Crippen molar-refractivity contribution in [2.24, 2.45) is 0 Å². The maximum Gasteiger partial charge on any atom is 1.00 e. The average molecular weight is 511 g/mol.